The molecule has 1 unspecified atom stereocenters. The summed E-state index contributed by atoms with van der Waals surface area (Å²) in [4.78, 5) is 11.8. The van der Waals surface area contributed by atoms with E-state index < -0.39 is 0 Å². The van der Waals surface area contributed by atoms with Crippen LogP contribution in [0.4, 0.5) is 0 Å². The van der Waals surface area contributed by atoms with Crippen molar-refractivity contribution in [2.45, 2.75) is 58.8 Å². The SMILES string of the molecule is C[C@@H](CC[C@]1(CCO)C[C@@H]1C)C1CC[C@H](C(=O)CBr)C1. The summed E-state index contributed by atoms with van der Waals surface area (Å²) in [5.41, 5.74) is 0.451. The van der Waals surface area contributed by atoms with Crippen LogP contribution in [0, 0.1) is 29.1 Å². The standard InChI is InChI=1S/C17H29BrO2/c1-12(5-6-17(7-8-19)10-13(17)2)14-3-4-15(9-14)16(20)11-18/h12-15,19H,3-11H2,1-2H3/t12-,13-,14?,15-,17-/m0/s1. The second-order valence-corrected chi connectivity index (χ2v) is 7.89. The Labute approximate surface area is 131 Å². The number of halogens is 1. The molecule has 0 aromatic rings. The number of aliphatic hydroxyl groups excluding tert-OH is 1. The van der Waals surface area contributed by atoms with E-state index in [1.807, 2.05) is 0 Å². The van der Waals surface area contributed by atoms with Gasteiger partial charge in [-0.25, -0.2) is 0 Å². The number of carbonyl (C=O) groups is 1. The van der Waals surface area contributed by atoms with Gasteiger partial charge in [0.1, 0.15) is 5.78 Å². The van der Waals surface area contributed by atoms with Gasteiger partial charge in [-0.15, -0.1) is 0 Å². The third kappa shape index (κ3) is 3.65. The van der Waals surface area contributed by atoms with Crippen molar-refractivity contribution in [1.82, 2.24) is 0 Å². The smallest absolute Gasteiger partial charge is 0.146 e. The number of ketones is 1. The van der Waals surface area contributed by atoms with Gasteiger partial charge in [0.15, 0.2) is 0 Å². The number of rotatable bonds is 8. The van der Waals surface area contributed by atoms with Gasteiger partial charge in [-0.2, -0.15) is 0 Å². The second-order valence-electron chi connectivity index (χ2n) is 7.33. The minimum atomic E-state index is 0.313. The van der Waals surface area contributed by atoms with Crippen molar-refractivity contribution in [1.29, 1.82) is 0 Å². The number of hydrogen-bond acceptors (Lipinski definition) is 2. The molecule has 3 heteroatoms. The Morgan fingerprint density at radius 1 is 1.40 bits per heavy atom. The number of carbonyl (C=O) groups excluding carboxylic acids is 1. The van der Waals surface area contributed by atoms with E-state index in [1.165, 1.54) is 25.7 Å². The van der Waals surface area contributed by atoms with Crippen LogP contribution in [0.25, 0.3) is 0 Å². The fourth-order valence-corrected chi connectivity index (χ4v) is 4.74. The topological polar surface area (TPSA) is 37.3 Å². The first-order valence-electron chi connectivity index (χ1n) is 8.22. The van der Waals surface area contributed by atoms with Gasteiger partial charge < -0.3 is 5.11 Å². The van der Waals surface area contributed by atoms with E-state index in [2.05, 4.69) is 29.8 Å². The van der Waals surface area contributed by atoms with Crippen LogP contribution in [-0.2, 0) is 4.79 Å². The zero-order valence-electron chi connectivity index (χ0n) is 12.9. The Morgan fingerprint density at radius 2 is 2.10 bits per heavy atom. The molecule has 0 bridgehead atoms. The maximum Gasteiger partial charge on any atom is 0.146 e. The van der Waals surface area contributed by atoms with Crippen molar-refractivity contribution >= 4 is 21.7 Å². The van der Waals surface area contributed by atoms with Gasteiger partial charge in [0.2, 0.25) is 0 Å². The van der Waals surface area contributed by atoms with E-state index in [0.717, 1.165) is 37.0 Å². The molecule has 0 aromatic carbocycles. The average Bonchev–Trinajstić information content (AvgIpc) is 2.88. The third-order valence-electron chi connectivity index (χ3n) is 6.17. The molecule has 5 atom stereocenters. The molecule has 0 radical (unpaired) electrons. The fourth-order valence-electron chi connectivity index (χ4n) is 4.28. The molecule has 116 valence electrons. The number of alkyl halides is 1. The largest absolute Gasteiger partial charge is 0.396 e. The molecule has 2 rings (SSSR count). The Bertz CT molecular complexity index is 344. The summed E-state index contributed by atoms with van der Waals surface area (Å²) in [6, 6.07) is 0. The molecule has 2 saturated carbocycles. The number of Topliss-reactive ketones (excluding diaryl/α,β-unsaturated/α-hetero) is 1. The quantitative estimate of drug-likeness (QED) is 0.670. The first-order chi connectivity index (χ1) is 9.52. The van der Waals surface area contributed by atoms with Crippen LogP contribution in [0.5, 0.6) is 0 Å². The minimum absolute atomic E-state index is 0.313. The maximum atomic E-state index is 11.8. The predicted molar refractivity (Wildman–Crippen MR) is 85.9 cm³/mol. The zero-order valence-corrected chi connectivity index (χ0v) is 14.5. The summed E-state index contributed by atoms with van der Waals surface area (Å²) in [7, 11) is 0. The monoisotopic (exact) mass is 344 g/mol. The van der Waals surface area contributed by atoms with Crippen molar-refractivity contribution in [3.05, 3.63) is 0 Å². The van der Waals surface area contributed by atoms with Crippen LogP contribution in [0.3, 0.4) is 0 Å². The lowest BCUT2D eigenvalue weighted by Crippen LogP contribution is -2.16. The average molecular weight is 345 g/mol. The van der Waals surface area contributed by atoms with Crippen LogP contribution in [0.1, 0.15) is 58.8 Å². The number of aliphatic hydroxyl groups is 1. The lowest BCUT2D eigenvalue weighted by atomic mass is 9.83. The summed E-state index contributed by atoms with van der Waals surface area (Å²) in [6.45, 7) is 5.02. The molecule has 2 aliphatic rings. The van der Waals surface area contributed by atoms with E-state index in [0.29, 0.717) is 29.1 Å². The van der Waals surface area contributed by atoms with Crippen LogP contribution < -0.4 is 0 Å². The highest BCUT2D eigenvalue weighted by Gasteiger charge is 2.49. The molecular weight excluding hydrogens is 316 g/mol. The lowest BCUT2D eigenvalue weighted by Gasteiger charge is -2.23. The molecule has 2 nitrogen and oxygen atoms in total. The summed E-state index contributed by atoms with van der Waals surface area (Å²) < 4.78 is 0. The van der Waals surface area contributed by atoms with Crippen LogP contribution >= 0.6 is 15.9 Å². The molecular formula is C17H29BrO2. The minimum Gasteiger partial charge on any atom is -0.396 e. The van der Waals surface area contributed by atoms with Crippen molar-refractivity contribution in [2.24, 2.45) is 29.1 Å². The molecule has 0 aromatic heterocycles. The van der Waals surface area contributed by atoms with Gasteiger partial charge in [-0.1, -0.05) is 29.8 Å². The summed E-state index contributed by atoms with van der Waals surface area (Å²) in [6.07, 6.45) is 8.25. The summed E-state index contributed by atoms with van der Waals surface area (Å²) >= 11 is 3.30. The highest BCUT2D eigenvalue weighted by Crippen LogP contribution is 2.58. The zero-order chi connectivity index (χ0) is 14.8. The Balaban J connectivity index is 1.76. The fraction of sp³-hybridized carbons (Fsp3) is 0.941. The third-order valence-corrected chi connectivity index (χ3v) is 6.72. The second kappa shape index (κ2) is 6.91. The van der Waals surface area contributed by atoms with E-state index >= 15 is 0 Å². The molecule has 2 aliphatic carbocycles. The van der Waals surface area contributed by atoms with E-state index in [1.54, 1.807) is 0 Å². The van der Waals surface area contributed by atoms with Gasteiger partial charge in [-0.05, 0) is 68.1 Å². The maximum absolute atomic E-state index is 11.8. The molecule has 0 saturated heterocycles. The Morgan fingerprint density at radius 3 is 2.65 bits per heavy atom. The summed E-state index contributed by atoms with van der Waals surface area (Å²) in [5, 5.41) is 9.74. The molecule has 1 N–H and O–H groups in total. The molecule has 0 spiro atoms. The first-order valence-corrected chi connectivity index (χ1v) is 9.34. The number of hydrogen-bond donors (Lipinski definition) is 1. The van der Waals surface area contributed by atoms with Crippen molar-refractivity contribution in [3.8, 4) is 0 Å². The van der Waals surface area contributed by atoms with Gasteiger partial charge in [-0.3, -0.25) is 4.79 Å². The van der Waals surface area contributed by atoms with Crippen molar-refractivity contribution in [2.75, 3.05) is 11.9 Å². The molecule has 20 heavy (non-hydrogen) atoms. The molecule has 2 fully saturated rings. The van der Waals surface area contributed by atoms with Crippen molar-refractivity contribution < 1.29 is 9.90 Å². The molecule has 0 heterocycles. The Kier molecular flexibility index (Phi) is 5.70. The van der Waals surface area contributed by atoms with Gasteiger partial charge in [0, 0.05) is 12.5 Å². The molecule has 0 aliphatic heterocycles. The highest BCUT2D eigenvalue weighted by molar-refractivity contribution is 9.09. The van der Waals surface area contributed by atoms with Gasteiger partial charge in [0.05, 0.1) is 5.33 Å². The molecule has 0 amide bonds. The van der Waals surface area contributed by atoms with Crippen LogP contribution in [0.15, 0.2) is 0 Å². The van der Waals surface area contributed by atoms with Gasteiger partial charge in [0.25, 0.3) is 0 Å². The Hall–Kier alpha value is 0.110. The lowest BCUT2D eigenvalue weighted by molar-refractivity contribution is -0.120. The van der Waals surface area contributed by atoms with Crippen LogP contribution in [0.2, 0.25) is 0 Å². The summed E-state index contributed by atoms with van der Waals surface area (Å²) in [5.74, 6) is 2.98. The predicted octanol–water partition coefficient (Wildman–Crippen LogP) is 4.19. The van der Waals surface area contributed by atoms with Crippen molar-refractivity contribution in [3.63, 3.8) is 0 Å². The van der Waals surface area contributed by atoms with Gasteiger partial charge >= 0.3 is 0 Å². The van der Waals surface area contributed by atoms with E-state index in [4.69, 9.17) is 0 Å². The normalized spacial score (nSPS) is 37.9. The van der Waals surface area contributed by atoms with E-state index in [9.17, 15) is 9.90 Å². The first kappa shape index (κ1) is 16.5. The van der Waals surface area contributed by atoms with E-state index in [-0.39, 0.29) is 0 Å². The van der Waals surface area contributed by atoms with Crippen LogP contribution in [-0.4, -0.2) is 22.8 Å². The highest BCUT2D eigenvalue weighted by atomic mass is 79.9.